The predicted octanol–water partition coefficient (Wildman–Crippen LogP) is 4.71. The number of rotatable bonds is 9. The van der Waals surface area contributed by atoms with Crippen LogP contribution < -0.4 is 0 Å². The number of carboxylic acids is 1. The van der Waals surface area contributed by atoms with Crippen LogP contribution in [0.25, 0.3) is 10.8 Å². The highest BCUT2D eigenvalue weighted by molar-refractivity contribution is 7.82. The summed E-state index contributed by atoms with van der Waals surface area (Å²) in [5.41, 5.74) is 0. The van der Waals surface area contributed by atoms with Gasteiger partial charge in [0, 0.05) is 6.54 Å². The minimum Gasteiger partial charge on any atom is -0.480 e. The zero-order valence-electron chi connectivity index (χ0n) is 16.0. The molecule has 0 aliphatic heterocycles. The summed E-state index contributed by atoms with van der Waals surface area (Å²) < 4.78 is 15.0. The van der Waals surface area contributed by atoms with Gasteiger partial charge in [0.25, 0.3) is 0 Å². The fourth-order valence-corrected chi connectivity index (χ4v) is 4.30. The molecule has 142 valence electrons. The molecular formula is C21H29NO3S. The molecule has 2 rings (SSSR count). The molecular weight excluding hydrogens is 346 g/mol. The Morgan fingerprint density at radius 3 is 2.27 bits per heavy atom. The maximum Gasteiger partial charge on any atom is 0.321 e. The standard InChI is InChI=1S/C21H29NO3S/c1-15(2)11-12-22(20(21(23)24)13-16(3)4)26(25)19-10-9-17-7-5-6-8-18(17)14-19/h5-10,14-16,20H,11-13H2,1-4H3,(H,23,24)/t20-,26?/m1/s1. The van der Waals surface area contributed by atoms with Gasteiger partial charge in [-0.1, -0.05) is 58.0 Å². The number of carboxylic acid groups (broad SMARTS) is 1. The molecule has 0 fully saturated rings. The van der Waals surface area contributed by atoms with Crippen molar-refractivity contribution in [3.05, 3.63) is 42.5 Å². The van der Waals surface area contributed by atoms with Crippen LogP contribution in [0, 0.1) is 11.8 Å². The molecule has 0 aliphatic carbocycles. The molecule has 2 aromatic rings. The minimum atomic E-state index is -1.51. The third-order valence-corrected chi connectivity index (χ3v) is 5.91. The molecule has 0 amide bonds. The molecule has 0 saturated heterocycles. The monoisotopic (exact) mass is 375 g/mol. The van der Waals surface area contributed by atoms with Crippen LogP contribution in [-0.2, 0) is 15.8 Å². The van der Waals surface area contributed by atoms with Crippen molar-refractivity contribution >= 4 is 27.7 Å². The van der Waals surface area contributed by atoms with Gasteiger partial charge in [-0.3, -0.25) is 4.79 Å². The lowest BCUT2D eigenvalue weighted by atomic mass is 10.0. The van der Waals surface area contributed by atoms with E-state index < -0.39 is 23.0 Å². The summed E-state index contributed by atoms with van der Waals surface area (Å²) in [6, 6.07) is 12.9. The van der Waals surface area contributed by atoms with Gasteiger partial charge < -0.3 is 5.11 Å². The highest BCUT2D eigenvalue weighted by atomic mass is 32.2. The molecule has 26 heavy (non-hydrogen) atoms. The maximum atomic E-state index is 13.3. The lowest BCUT2D eigenvalue weighted by Crippen LogP contribution is -2.44. The van der Waals surface area contributed by atoms with E-state index in [0.717, 1.165) is 17.2 Å². The van der Waals surface area contributed by atoms with Gasteiger partial charge in [0.2, 0.25) is 0 Å². The van der Waals surface area contributed by atoms with Crippen LogP contribution >= 0.6 is 0 Å². The maximum absolute atomic E-state index is 13.3. The number of fused-ring (bicyclic) bond motifs is 1. The molecule has 0 radical (unpaired) electrons. The van der Waals surface area contributed by atoms with Crippen molar-refractivity contribution in [3.63, 3.8) is 0 Å². The third kappa shape index (κ3) is 5.39. The first-order chi connectivity index (χ1) is 12.3. The van der Waals surface area contributed by atoms with Crippen molar-refractivity contribution in [1.82, 2.24) is 4.31 Å². The molecule has 1 unspecified atom stereocenters. The Morgan fingerprint density at radius 2 is 1.69 bits per heavy atom. The quantitative estimate of drug-likeness (QED) is 0.690. The lowest BCUT2D eigenvalue weighted by molar-refractivity contribution is -0.142. The summed E-state index contributed by atoms with van der Waals surface area (Å²) in [5.74, 6) is -0.276. The Kier molecular flexibility index (Phi) is 7.35. The summed E-state index contributed by atoms with van der Waals surface area (Å²) in [7, 11) is -1.51. The van der Waals surface area contributed by atoms with Crippen molar-refractivity contribution in [2.75, 3.05) is 6.54 Å². The molecule has 0 aromatic heterocycles. The normalized spacial score (nSPS) is 14.3. The summed E-state index contributed by atoms with van der Waals surface area (Å²) >= 11 is 0. The number of hydrogen-bond donors (Lipinski definition) is 1. The molecule has 0 saturated carbocycles. The van der Waals surface area contributed by atoms with Gasteiger partial charge >= 0.3 is 5.97 Å². The summed E-state index contributed by atoms with van der Waals surface area (Å²) in [5, 5.41) is 11.8. The average Bonchev–Trinajstić information content (AvgIpc) is 2.59. The minimum absolute atomic E-state index is 0.214. The molecule has 0 spiro atoms. The van der Waals surface area contributed by atoms with Crippen LogP contribution in [0.1, 0.15) is 40.5 Å². The first kappa shape index (κ1) is 20.6. The van der Waals surface area contributed by atoms with Crippen LogP contribution in [-0.4, -0.2) is 32.2 Å². The zero-order chi connectivity index (χ0) is 19.3. The number of aliphatic carboxylic acids is 1. The molecule has 0 heterocycles. The zero-order valence-corrected chi connectivity index (χ0v) is 16.8. The highest BCUT2D eigenvalue weighted by Gasteiger charge is 2.31. The Morgan fingerprint density at radius 1 is 1.04 bits per heavy atom. The molecule has 1 N–H and O–H groups in total. The van der Waals surface area contributed by atoms with Gasteiger partial charge in [-0.05, 0) is 47.6 Å². The second kappa shape index (κ2) is 9.28. The molecule has 0 aliphatic rings. The predicted molar refractivity (Wildman–Crippen MR) is 107 cm³/mol. The largest absolute Gasteiger partial charge is 0.480 e. The van der Waals surface area contributed by atoms with E-state index >= 15 is 0 Å². The van der Waals surface area contributed by atoms with Crippen molar-refractivity contribution in [2.45, 2.75) is 51.5 Å². The molecule has 2 aromatic carbocycles. The summed E-state index contributed by atoms with van der Waals surface area (Å²) in [6.45, 7) is 8.68. The van der Waals surface area contributed by atoms with E-state index in [-0.39, 0.29) is 5.92 Å². The fraction of sp³-hybridized carbons (Fsp3) is 0.476. The number of benzene rings is 2. The summed E-state index contributed by atoms with van der Waals surface area (Å²) in [6.07, 6.45) is 1.29. The first-order valence-electron chi connectivity index (χ1n) is 9.19. The van der Waals surface area contributed by atoms with Gasteiger partial charge in [-0.2, -0.15) is 0 Å². The third-order valence-electron chi connectivity index (χ3n) is 4.39. The Balaban J connectivity index is 2.37. The molecule has 5 heteroatoms. The van der Waals surface area contributed by atoms with E-state index in [0.29, 0.717) is 23.8 Å². The summed E-state index contributed by atoms with van der Waals surface area (Å²) in [4.78, 5) is 12.5. The van der Waals surface area contributed by atoms with E-state index in [4.69, 9.17) is 0 Å². The Hall–Kier alpha value is -1.72. The van der Waals surface area contributed by atoms with E-state index in [1.807, 2.05) is 56.3 Å². The van der Waals surface area contributed by atoms with Crippen molar-refractivity contribution in [1.29, 1.82) is 0 Å². The van der Waals surface area contributed by atoms with Crippen molar-refractivity contribution in [3.8, 4) is 0 Å². The van der Waals surface area contributed by atoms with Gasteiger partial charge in [0.15, 0.2) is 0 Å². The average molecular weight is 376 g/mol. The van der Waals surface area contributed by atoms with Crippen molar-refractivity contribution < 1.29 is 14.1 Å². The molecule has 2 atom stereocenters. The van der Waals surface area contributed by atoms with Crippen molar-refractivity contribution in [2.24, 2.45) is 11.8 Å². The van der Waals surface area contributed by atoms with E-state index in [1.54, 1.807) is 4.31 Å². The van der Waals surface area contributed by atoms with Gasteiger partial charge in [-0.15, -0.1) is 0 Å². The van der Waals surface area contributed by atoms with Gasteiger partial charge in [0.1, 0.15) is 17.0 Å². The van der Waals surface area contributed by atoms with Crippen LogP contribution in [0.3, 0.4) is 0 Å². The fourth-order valence-electron chi connectivity index (χ4n) is 2.94. The van der Waals surface area contributed by atoms with E-state index in [1.165, 1.54) is 0 Å². The van der Waals surface area contributed by atoms with E-state index in [9.17, 15) is 14.1 Å². The van der Waals surface area contributed by atoms with Crippen LogP contribution in [0.15, 0.2) is 47.4 Å². The smallest absolute Gasteiger partial charge is 0.321 e. The molecule has 4 nitrogen and oxygen atoms in total. The van der Waals surface area contributed by atoms with E-state index in [2.05, 4.69) is 13.8 Å². The SMILES string of the molecule is CC(C)CCN([C@H](CC(C)C)C(=O)O)S(=O)c1ccc2ccccc2c1. The highest BCUT2D eigenvalue weighted by Crippen LogP contribution is 2.23. The Bertz CT molecular complexity index is 773. The topological polar surface area (TPSA) is 57.6 Å². The lowest BCUT2D eigenvalue weighted by Gasteiger charge is -2.29. The number of carbonyl (C=O) groups is 1. The van der Waals surface area contributed by atoms with Crippen LogP contribution in [0.2, 0.25) is 0 Å². The van der Waals surface area contributed by atoms with Crippen LogP contribution in [0.5, 0.6) is 0 Å². The van der Waals surface area contributed by atoms with Gasteiger partial charge in [-0.25, -0.2) is 8.51 Å². The number of hydrogen-bond acceptors (Lipinski definition) is 2. The Labute approximate surface area is 158 Å². The molecule has 0 bridgehead atoms. The van der Waals surface area contributed by atoms with Crippen LogP contribution in [0.4, 0.5) is 0 Å². The first-order valence-corrected chi connectivity index (χ1v) is 10.3. The van der Waals surface area contributed by atoms with Gasteiger partial charge in [0.05, 0.1) is 4.90 Å². The second-order valence-electron chi connectivity index (χ2n) is 7.56. The second-order valence-corrected chi connectivity index (χ2v) is 9.00. The number of nitrogens with zero attached hydrogens (tertiary/aromatic N) is 1.